The van der Waals surface area contributed by atoms with Crippen LogP contribution in [0.1, 0.15) is 11.3 Å². The molecule has 0 saturated heterocycles. The van der Waals surface area contributed by atoms with Crippen LogP contribution in [0.3, 0.4) is 0 Å². The van der Waals surface area contributed by atoms with E-state index in [2.05, 4.69) is 36.5 Å². The summed E-state index contributed by atoms with van der Waals surface area (Å²) in [5, 5.41) is 5.64. The summed E-state index contributed by atoms with van der Waals surface area (Å²) in [6.07, 6.45) is -4.42. The van der Waals surface area contributed by atoms with Gasteiger partial charge in [-0.25, -0.2) is 4.98 Å². The number of aromatic nitrogens is 2. The number of benzene rings is 1. The molecule has 21 heavy (non-hydrogen) atoms. The summed E-state index contributed by atoms with van der Waals surface area (Å²) in [5.74, 6) is 0.813. The van der Waals surface area contributed by atoms with Crippen molar-refractivity contribution < 1.29 is 13.2 Å². The lowest BCUT2D eigenvalue weighted by Gasteiger charge is -2.13. The van der Waals surface area contributed by atoms with E-state index in [-0.39, 0.29) is 4.47 Å². The Morgan fingerprint density at radius 2 is 1.86 bits per heavy atom. The molecule has 0 amide bonds. The Morgan fingerprint density at radius 3 is 2.48 bits per heavy atom. The largest absolute Gasteiger partial charge is 0.417 e. The number of anilines is 3. The lowest BCUT2D eigenvalue weighted by molar-refractivity contribution is -0.138. The maximum Gasteiger partial charge on any atom is 0.417 e. The molecular weight excluding hydrogens is 349 g/mol. The molecule has 0 aliphatic heterocycles. The van der Waals surface area contributed by atoms with E-state index in [1.54, 1.807) is 20.0 Å². The molecule has 2 aromatic rings. The third kappa shape index (κ3) is 3.84. The first-order valence-electron chi connectivity index (χ1n) is 5.97. The fourth-order valence-corrected chi connectivity index (χ4v) is 2.18. The van der Waals surface area contributed by atoms with Crippen LogP contribution in [0.25, 0.3) is 0 Å². The molecule has 0 unspecified atom stereocenters. The molecule has 0 spiro atoms. The van der Waals surface area contributed by atoms with Crippen molar-refractivity contribution in [2.24, 2.45) is 0 Å². The van der Waals surface area contributed by atoms with Gasteiger partial charge in [0.2, 0.25) is 5.95 Å². The van der Waals surface area contributed by atoms with Gasteiger partial charge >= 0.3 is 6.18 Å². The average Bonchev–Trinajstić information content (AvgIpc) is 2.39. The number of nitrogens with one attached hydrogen (secondary N) is 2. The Morgan fingerprint density at radius 1 is 1.14 bits per heavy atom. The quantitative estimate of drug-likeness (QED) is 0.854. The predicted molar refractivity (Wildman–Crippen MR) is 78.7 cm³/mol. The van der Waals surface area contributed by atoms with Crippen molar-refractivity contribution in [2.75, 3.05) is 17.7 Å². The third-order valence-corrected chi connectivity index (χ3v) is 3.31. The number of nitrogens with zero attached hydrogens (tertiary/aromatic N) is 2. The molecule has 2 rings (SSSR count). The monoisotopic (exact) mass is 360 g/mol. The van der Waals surface area contributed by atoms with E-state index in [1.807, 2.05) is 0 Å². The van der Waals surface area contributed by atoms with E-state index in [9.17, 15) is 13.2 Å². The fourth-order valence-electron chi connectivity index (χ4n) is 1.71. The zero-order valence-electron chi connectivity index (χ0n) is 11.2. The van der Waals surface area contributed by atoms with Crippen LogP contribution in [0.15, 0.2) is 28.7 Å². The van der Waals surface area contributed by atoms with Crippen molar-refractivity contribution in [3.8, 4) is 0 Å². The summed E-state index contributed by atoms with van der Waals surface area (Å²) in [5.41, 5.74) is 0.253. The van der Waals surface area contributed by atoms with Crippen molar-refractivity contribution >= 4 is 33.4 Å². The van der Waals surface area contributed by atoms with Crippen LogP contribution < -0.4 is 10.6 Å². The number of rotatable bonds is 3. The maximum atomic E-state index is 12.9. The lowest BCUT2D eigenvalue weighted by atomic mass is 10.2. The van der Waals surface area contributed by atoms with Gasteiger partial charge in [-0.15, -0.1) is 0 Å². The zero-order chi connectivity index (χ0) is 15.6. The van der Waals surface area contributed by atoms with Crippen molar-refractivity contribution in [2.45, 2.75) is 13.1 Å². The molecular formula is C13H12BrF3N4. The van der Waals surface area contributed by atoms with Gasteiger partial charge in [0.1, 0.15) is 5.82 Å². The van der Waals surface area contributed by atoms with Crippen LogP contribution in [-0.4, -0.2) is 17.0 Å². The van der Waals surface area contributed by atoms with Gasteiger partial charge in [-0.3, -0.25) is 0 Å². The Labute approximate surface area is 127 Å². The normalized spacial score (nSPS) is 11.3. The first kappa shape index (κ1) is 15.6. The summed E-state index contributed by atoms with van der Waals surface area (Å²) < 4.78 is 38.6. The van der Waals surface area contributed by atoms with Gasteiger partial charge in [0, 0.05) is 29.0 Å². The second kappa shape index (κ2) is 5.88. The summed E-state index contributed by atoms with van der Waals surface area (Å²) >= 11 is 2.90. The van der Waals surface area contributed by atoms with E-state index in [0.29, 0.717) is 23.1 Å². The van der Waals surface area contributed by atoms with Crippen LogP contribution in [0.4, 0.5) is 30.6 Å². The molecule has 1 heterocycles. The highest BCUT2D eigenvalue weighted by Crippen LogP contribution is 2.36. The first-order chi connectivity index (χ1) is 9.79. The molecule has 0 bridgehead atoms. The van der Waals surface area contributed by atoms with E-state index in [4.69, 9.17) is 0 Å². The van der Waals surface area contributed by atoms with Crippen molar-refractivity contribution in [1.29, 1.82) is 0 Å². The van der Waals surface area contributed by atoms with Gasteiger partial charge in [0.25, 0.3) is 0 Å². The molecule has 0 aliphatic carbocycles. The summed E-state index contributed by atoms with van der Waals surface area (Å²) in [6, 6.07) is 5.56. The second-order valence-electron chi connectivity index (χ2n) is 4.29. The molecule has 0 fully saturated rings. The van der Waals surface area contributed by atoms with Crippen LogP contribution in [0, 0.1) is 6.92 Å². The number of hydrogen-bond acceptors (Lipinski definition) is 4. The molecule has 0 atom stereocenters. The van der Waals surface area contributed by atoms with Crippen molar-refractivity contribution in [1.82, 2.24) is 9.97 Å². The molecule has 8 heteroatoms. The minimum atomic E-state index is -4.42. The topological polar surface area (TPSA) is 49.8 Å². The molecule has 112 valence electrons. The molecule has 0 aliphatic rings. The van der Waals surface area contributed by atoms with Gasteiger partial charge in [-0.2, -0.15) is 18.2 Å². The standard InChI is InChI=1S/C13H12BrF3N4/c1-7-5-11(21-12(18-2)19-7)20-8-3-4-10(14)9(6-8)13(15,16)17/h3-6H,1-2H3,(H2,18,19,20,21). The van der Waals surface area contributed by atoms with Crippen LogP contribution in [-0.2, 0) is 6.18 Å². The van der Waals surface area contributed by atoms with E-state index >= 15 is 0 Å². The van der Waals surface area contributed by atoms with Crippen molar-refractivity contribution in [3.05, 3.63) is 40.0 Å². The van der Waals surface area contributed by atoms with Gasteiger partial charge in [0.15, 0.2) is 0 Å². The Bertz CT molecular complexity index is 658. The van der Waals surface area contributed by atoms with Gasteiger partial charge in [0.05, 0.1) is 5.56 Å². The SMILES string of the molecule is CNc1nc(C)cc(Nc2ccc(Br)c(C(F)(F)F)c2)n1. The molecule has 0 radical (unpaired) electrons. The Balaban J connectivity index is 2.34. The van der Waals surface area contributed by atoms with Crippen LogP contribution in [0.5, 0.6) is 0 Å². The third-order valence-electron chi connectivity index (χ3n) is 2.62. The van der Waals surface area contributed by atoms with Gasteiger partial charge in [-0.05, 0) is 25.1 Å². The number of alkyl halides is 3. The van der Waals surface area contributed by atoms with Crippen molar-refractivity contribution in [3.63, 3.8) is 0 Å². The smallest absolute Gasteiger partial charge is 0.357 e. The molecule has 1 aromatic carbocycles. The highest BCUT2D eigenvalue weighted by atomic mass is 79.9. The van der Waals surface area contributed by atoms with Gasteiger partial charge < -0.3 is 10.6 Å². The fraction of sp³-hybridized carbons (Fsp3) is 0.231. The Hall–Kier alpha value is -1.83. The predicted octanol–water partition coefficient (Wildman–Crippen LogP) is 4.35. The van der Waals surface area contributed by atoms with Crippen LogP contribution >= 0.6 is 15.9 Å². The molecule has 2 N–H and O–H groups in total. The number of hydrogen-bond donors (Lipinski definition) is 2. The minimum absolute atomic E-state index is 0.00432. The summed E-state index contributed by atoms with van der Waals surface area (Å²) in [6.45, 7) is 1.77. The number of aryl methyl sites for hydroxylation is 1. The molecule has 4 nitrogen and oxygen atoms in total. The summed E-state index contributed by atoms with van der Waals surface area (Å²) in [7, 11) is 1.67. The van der Waals surface area contributed by atoms with E-state index in [1.165, 1.54) is 12.1 Å². The van der Waals surface area contributed by atoms with Crippen LogP contribution in [0.2, 0.25) is 0 Å². The van der Waals surface area contributed by atoms with E-state index in [0.717, 1.165) is 6.07 Å². The second-order valence-corrected chi connectivity index (χ2v) is 5.14. The zero-order valence-corrected chi connectivity index (χ0v) is 12.8. The van der Waals surface area contributed by atoms with Gasteiger partial charge in [-0.1, -0.05) is 15.9 Å². The number of halogens is 4. The maximum absolute atomic E-state index is 12.9. The molecule has 1 aromatic heterocycles. The molecule has 0 saturated carbocycles. The first-order valence-corrected chi connectivity index (χ1v) is 6.76. The highest BCUT2D eigenvalue weighted by molar-refractivity contribution is 9.10. The van der Waals surface area contributed by atoms with E-state index < -0.39 is 11.7 Å². The lowest BCUT2D eigenvalue weighted by Crippen LogP contribution is -2.07. The summed E-state index contributed by atoms with van der Waals surface area (Å²) in [4.78, 5) is 8.25. The average molecular weight is 361 g/mol. The highest BCUT2D eigenvalue weighted by Gasteiger charge is 2.33. The minimum Gasteiger partial charge on any atom is -0.357 e. The Kier molecular flexibility index (Phi) is 4.36.